The number of ether oxygens (including phenoxy) is 1. The van der Waals surface area contributed by atoms with Gasteiger partial charge in [0.15, 0.2) is 0 Å². The molecule has 5 heteroatoms. The molecule has 134 valence electrons. The zero-order chi connectivity index (χ0) is 17.9. The fourth-order valence-electron chi connectivity index (χ4n) is 3.54. The molecule has 1 fully saturated rings. The summed E-state index contributed by atoms with van der Waals surface area (Å²) in [5.41, 5.74) is 3.05. The summed E-state index contributed by atoms with van der Waals surface area (Å²) in [4.78, 5) is 14.7. The standard InChI is InChI=1S/C21H23N3O2/c1-26-19-11-13-23(14-19)18-8-6-17(7-9-18)22-21(25)15-24-12-10-16-4-2-3-5-20(16)24/h2-10,12,19H,11,13-15H2,1H3,(H,22,25). The molecule has 2 aromatic carbocycles. The topological polar surface area (TPSA) is 46.5 Å². The first-order valence-electron chi connectivity index (χ1n) is 8.94. The number of rotatable bonds is 5. The molecule has 0 aliphatic carbocycles. The van der Waals surface area contributed by atoms with Gasteiger partial charge < -0.3 is 19.5 Å². The minimum atomic E-state index is -0.0280. The number of carbonyl (C=O) groups excluding carboxylic acids is 1. The van der Waals surface area contributed by atoms with Crippen molar-refractivity contribution in [3.8, 4) is 0 Å². The van der Waals surface area contributed by atoms with Gasteiger partial charge in [0.1, 0.15) is 6.54 Å². The summed E-state index contributed by atoms with van der Waals surface area (Å²) in [6.07, 6.45) is 3.32. The van der Waals surface area contributed by atoms with E-state index in [0.717, 1.165) is 36.1 Å². The van der Waals surface area contributed by atoms with E-state index in [9.17, 15) is 4.79 Å². The molecule has 1 aliphatic heterocycles. The first-order valence-corrected chi connectivity index (χ1v) is 8.94. The van der Waals surface area contributed by atoms with Crippen LogP contribution in [0.5, 0.6) is 0 Å². The highest BCUT2D eigenvalue weighted by atomic mass is 16.5. The van der Waals surface area contributed by atoms with Gasteiger partial charge in [0.05, 0.1) is 6.10 Å². The van der Waals surface area contributed by atoms with Gasteiger partial charge in [0.25, 0.3) is 0 Å². The van der Waals surface area contributed by atoms with E-state index in [4.69, 9.17) is 4.74 Å². The number of aromatic nitrogens is 1. The number of nitrogens with one attached hydrogen (secondary N) is 1. The van der Waals surface area contributed by atoms with Crippen LogP contribution in [-0.4, -0.2) is 36.8 Å². The van der Waals surface area contributed by atoms with Crippen LogP contribution < -0.4 is 10.2 Å². The molecule has 5 nitrogen and oxygen atoms in total. The third kappa shape index (κ3) is 3.44. The van der Waals surface area contributed by atoms with E-state index in [1.807, 2.05) is 47.2 Å². The van der Waals surface area contributed by atoms with E-state index in [1.165, 1.54) is 5.69 Å². The monoisotopic (exact) mass is 349 g/mol. The van der Waals surface area contributed by atoms with Crippen molar-refractivity contribution in [3.63, 3.8) is 0 Å². The Morgan fingerprint density at radius 2 is 1.96 bits per heavy atom. The molecule has 1 aromatic heterocycles. The average Bonchev–Trinajstić information content (AvgIpc) is 3.30. The van der Waals surface area contributed by atoms with Crippen molar-refractivity contribution in [1.29, 1.82) is 0 Å². The third-order valence-corrected chi connectivity index (χ3v) is 4.99. The highest BCUT2D eigenvalue weighted by molar-refractivity contribution is 5.92. The van der Waals surface area contributed by atoms with Gasteiger partial charge in [-0.05, 0) is 48.2 Å². The Morgan fingerprint density at radius 3 is 2.73 bits per heavy atom. The Balaban J connectivity index is 1.39. The molecule has 1 amide bonds. The summed E-state index contributed by atoms with van der Waals surface area (Å²) in [6.45, 7) is 2.23. The van der Waals surface area contributed by atoms with Crippen LogP contribution >= 0.6 is 0 Å². The minimum absolute atomic E-state index is 0.0280. The summed E-state index contributed by atoms with van der Waals surface area (Å²) in [7, 11) is 1.76. The molecule has 2 heterocycles. The van der Waals surface area contributed by atoms with Gasteiger partial charge in [-0.2, -0.15) is 0 Å². The zero-order valence-corrected chi connectivity index (χ0v) is 14.9. The van der Waals surface area contributed by atoms with E-state index in [0.29, 0.717) is 12.6 Å². The lowest BCUT2D eigenvalue weighted by atomic mass is 10.2. The van der Waals surface area contributed by atoms with Gasteiger partial charge in [0.2, 0.25) is 5.91 Å². The largest absolute Gasteiger partial charge is 0.380 e. The number of methoxy groups -OCH3 is 1. The number of benzene rings is 2. The lowest BCUT2D eigenvalue weighted by molar-refractivity contribution is -0.116. The molecular formula is C21H23N3O2. The summed E-state index contributed by atoms with van der Waals surface area (Å²) >= 11 is 0. The Bertz CT molecular complexity index is 901. The molecule has 0 radical (unpaired) electrons. The van der Waals surface area contributed by atoms with Crippen molar-refractivity contribution in [3.05, 3.63) is 60.8 Å². The molecule has 1 N–H and O–H groups in total. The molecular weight excluding hydrogens is 326 g/mol. The van der Waals surface area contributed by atoms with Gasteiger partial charge in [0, 0.05) is 43.3 Å². The van der Waals surface area contributed by atoms with E-state index >= 15 is 0 Å². The second kappa shape index (κ2) is 7.22. The van der Waals surface area contributed by atoms with Crippen LogP contribution in [0.3, 0.4) is 0 Å². The number of fused-ring (bicyclic) bond motifs is 1. The molecule has 0 spiro atoms. The number of amides is 1. The van der Waals surface area contributed by atoms with Crippen molar-refractivity contribution in [2.45, 2.75) is 19.1 Å². The lowest BCUT2D eigenvalue weighted by Crippen LogP contribution is -2.22. The first kappa shape index (κ1) is 16.7. The van der Waals surface area contributed by atoms with E-state index in [1.54, 1.807) is 7.11 Å². The van der Waals surface area contributed by atoms with E-state index in [2.05, 4.69) is 28.4 Å². The van der Waals surface area contributed by atoms with Crippen molar-refractivity contribution in [1.82, 2.24) is 4.57 Å². The second-order valence-electron chi connectivity index (χ2n) is 6.69. The van der Waals surface area contributed by atoms with Gasteiger partial charge in [-0.25, -0.2) is 0 Å². The molecule has 26 heavy (non-hydrogen) atoms. The van der Waals surface area contributed by atoms with Crippen LogP contribution in [0.25, 0.3) is 10.9 Å². The molecule has 1 aliphatic rings. The maximum atomic E-state index is 12.4. The van der Waals surface area contributed by atoms with Crippen LogP contribution in [0.2, 0.25) is 0 Å². The van der Waals surface area contributed by atoms with E-state index in [-0.39, 0.29) is 5.91 Å². The van der Waals surface area contributed by atoms with Crippen molar-refractivity contribution in [2.75, 3.05) is 30.4 Å². The fraction of sp³-hybridized carbons (Fsp3) is 0.286. The van der Waals surface area contributed by atoms with Crippen molar-refractivity contribution >= 4 is 28.2 Å². The zero-order valence-electron chi connectivity index (χ0n) is 14.9. The molecule has 1 atom stereocenters. The van der Waals surface area contributed by atoms with Crippen LogP contribution in [0.15, 0.2) is 60.8 Å². The highest BCUT2D eigenvalue weighted by Gasteiger charge is 2.22. The molecule has 0 saturated carbocycles. The van der Waals surface area contributed by atoms with Gasteiger partial charge in [-0.15, -0.1) is 0 Å². The predicted octanol–water partition coefficient (Wildman–Crippen LogP) is 3.51. The number of nitrogens with zero attached hydrogens (tertiary/aromatic N) is 2. The number of hydrogen-bond acceptors (Lipinski definition) is 3. The number of para-hydroxylation sites is 1. The fourth-order valence-corrected chi connectivity index (χ4v) is 3.54. The van der Waals surface area contributed by atoms with Crippen LogP contribution in [0, 0.1) is 0 Å². The Morgan fingerprint density at radius 1 is 1.15 bits per heavy atom. The summed E-state index contributed by atoms with van der Waals surface area (Å²) < 4.78 is 7.39. The third-order valence-electron chi connectivity index (χ3n) is 4.99. The first-order chi connectivity index (χ1) is 12.7. The van der Waals surface area contributed by atoms with Gasteiger partial charge in [-0.1, -0.05) is 18.2 Å². The number of carbonyl (C=O) groups is 1. The van der Waals surface area contributed by atoms with Gasteiger partial charge >= 0.3 is 0 Å². The summed E-state index contributed by atoms with van der Waals surface area (Å²) in [6, 6.07) is 18.1. The number of anilines is 2. The maximum absolute atomic E-state index is 12.4. The lowest BCUT2D eigenvalue weighted by Gasteiger charge is -2.18. The SMILES string of the molecule is COC1CCN(c2ccc(NC(=O)Cn3ccc4ccccc43)cc2)C1. The van der Waals surface area contributed by atoms with Crippen molar-refractivity contribution in [2.24, 2.45) is 0 Å². The summed E-state index contributed by atoms with van der Waals surface area (Å²) in [5.74, 6) is -0.0280. The van der Waals surface area contributed by atoms with Crippen molar-refractivity contribution < 1.29 is 9.53 Å². The number of hydrogen-bond donors (Lipinski definition) is 1. The van der Waals surface area contributed by atoms with Gasteiger partial charge in [-0.3, -0.25) is 4.79 Å². The molecule has 4 rings (SSSR count). The molecule has 0 bridgehead atoms. The Hall–Kier alpha value is -2.79. The average molecular weight is 349 g/mol. The molecule has 1 saturated heterocycles. The van der Waals surface area contributed by atoms with Crippen LogP contribution in [0.4, 0.5) is 11.4 Å². The Kier molecular flexibility index (Phi) is 4.63. The van der Waals surface area contributed by atoms with E-state index < -0.39 is 0 Å². The second-order valence-corrected chi connectivity index (χ2v) is 6.69. The molecule has 1 unspecified atom stereocenters. The van der Waals surface area contributed by atoms with Crippen LogP contribution in [-0.2, 0) is 16.1 Å². The smallest absolute Gasteiger partial charge is 0.244 e. The quantitative estimate of drug-likeness (QED) is 0.767. The normalized spacial score (nSPS) is 17.0. The maximum Gasteiger partial charge on any atom is 0.244 e. The molecule has 3 aromatic rings. The van der Waals surface area contributed by atoms with Crippen LogP contribution in [0.1, 0.15) is 6.42 Å². The minimum Gasteiger partial charge on any atom is -0.380 e. The summed E-state index contributed by atoms with van der Waals surface area (Å²) in [5, 5.41) is 4.12. The predicted molar refractivity (Wildman–Crippen MR) is 105 cm³/mol. The Labute approximate surface area is 153 Å². The highest BCUT2D eigenvalue weighted by Crippen LogP contribution is 2.23.